The van der Waals surface area contributed by atoms with Gasteiger partial charge in [0.15, 0.2) is 0 Å². The minimum absolute atomic E-state index is 0.000401. The molecule has 0 bridgehead atoms. The van der Waals surface area contributed by atoms with E-state index in [1.165, 1.54) is 10.8 Å². The molecule has 8 nitrogen and oxygen atoms in total. The molecule has 0 amide bonds. The van der Waals surface area contributed by atoms with Crippen LogP contribution in [0.25, 0.3) is 0 Å². The van der Waals surface area contributed by atoms with E-state index in [0.29, 0.717) is 4.31 Å². The van der Waals surface area contributed by atoms with Crippen LogP contribution in [0.5, 0.6) is 0 Å². The molecule has 1 aromatic rings. The van der Waals surface area contributed by atoms with E-state index in [2.05, 4.69) is 0 Å². The largest absolute Gasteiger partial charge is 0.477 e. The smallest absolute Gasteiger partial charge is 0.352 e. The summed E-state index contributed by atoms with van der Waals surface area (Å²) < 4.78 is 26.9. The van der Waals surface area contributed by atoms with Crippen LogP contribution >= 0.6 is 0 Å². The third-order valence-electron chi connectivity index (χ3n) is 3.11. The molecule has 1 N–H and O–H groups in total. The van der Waals surface area contributed by atoms with Crippen molar-refractivity contribution in [3.05, 3.63) is 18.0 Å². The van der Waals surface area contributed by atoms with Gasteiger partial charge in [-0.3, -0.25) is 0 Å². The van der Waals surface area contributed by atoms with Gasteiger partial charge in [-0.2, -0.15) is 14.8 Å². The van der Waals surface area contributed by atoms with E-state index >= 15 is 0 Å². The van der Waals surface area contributed by atoms with Gasteiger partial charge in [0.2, 0.25) is 10.0 Å². The number of rotatable bonds is 6. The Morgan fingerprint density at radius 3 is 2.38 bits per heavy atom. The summed E-state index contributed by atoms with van der Waals surface area (Å²) in [5.74, 6) is -1.21. The van der Waals surface area contributed by atoms with Crippen LogP contribution in [0.1, 0.15) is 29.4 Å². The van der Waals surface area contributed by atoms with Crippen molar-refractivity contribution >= 4 is 16.0 Å². The molecule has 110 valence electrons. The maximum absolute atomic E-state index is 12.4. The normalized spacial score (nSPS) is 14.6. The van der Waals surface area contributed by atoms with Crippen LogP contribution in [0.4, 0.5) is 0 Å². The number of aromatic carboxylic acids is 1. The molecule has 0 saturated heterocycles. The molecule has 2 rings (SSSR count). The Morgan fingerprint density at radius 2 is 1.95 bits per heavy atom. The molecule has 0 spiro atoms. The minimum atomic E-state index is -4.06. The molecule has 0 atom stereocenters. The average molecular weight is 308 g/mol. The standard InChI is InChI=1S/C12H12N4O4S/c13-3-5-15(6-4-14)21(19,20)10-7-11(12(17)18)16(8-10)9-1-2-9/h7-9H,1-2,5-6H2,(H,17,18). The fourth-order valence-electron chi connectivity index (χ4n) is 1.95. The van der Waals surface area contributed by atoms with Crippen molar-refractivity contribution < 1.29 is 18.3 Å². The maximum atomic E-state index is 12.4. The van der Waals surface area contributed by atoms with Crippen LogP contribution in [-0.2, 0) is 10.0 Å². The molecule has 1 fully saturated rings. The SMILES string of the molecule is N#CCN(CC#N)S(=O)(=O)c1cc(C(=O)O)n(C2CC2)c1. The second-order valence-electron chi connectivity index (χ2n) is 4.59. The van der Waals surface area contributed by atoms with E-state index in [1.807, 2.05) is 0 Å². The molecule has 0 radical (unpaired) electrons. The predicted octanol–water partition coefficient (Wildman–Crippen LogP) is 0.559. The van der Waals surface area contributed by atoms with E-state index in [4.69, 9.17) is 15.6 Å². The zero-order chi connectivity index (χ0) is 15.6. The van der Waals surface area contributed by atoms with Crippen molar-refractivity contribution in [3.8, 4) is 12.1 Å². The van der Waals surface area contributed by atoms with Gasteiger partial charge in [-0.05, 0) is 18.9 Å². The lowest BCUT2D eigenvalue weighted by atomic mass is 10.4. The van der Waals surface area contributed by atoms with Gasteiger partial charge >= 0.3 is 5.97 Å². The molecule has 0 unspecified atom stereocenters. The average Bonchev–Trinajstić information content (AvgIpc) is 3.16. The van der Waals surface area contributed by atoms with Crippen LogP contribution in [0, 0.1) is 22.7 Å². The molecule has 1 saturated carbocycles. The first-order chi connectivity index (χ1) is 9.91. The summed E-state index contributed by atoms with van der Waals surface area (Å²) in [5.41, 5.74) is -0.107. The number of carboxylic acid groups (broad SMARTS) is 1. The highest BCUT2D eigenvalue weighted by Crippen LogP contribution is 2.37. The van der Waals surface area contributed by atoms with E-state index in [0.717, 1.165) is 18.9 Å². The predicted molar refractivity (Wildman–Crippen MR) is 69.6 cm³/mol. The van der Waals surface area contributed by atoms with Crippen LogP contribution in [0.15, 0.2) is 17.2 Å². The molecular formula is C12H12N4O4S. The van der Waals surface area contributed by atoms with Gasteiger partial charge in [0.05, 0.1) is 12.1 Å². The molecular weight excluding hydrogens is 296 g/mol. The Bertz CT molecular complexity index is 733. The zero-order valence-corrected chi connectivity index (χ0v) is 11.7. The molecule has 1 aliphatic rings. The van der Waals surface area contributed by atoms with Gasteiger partial charge in [-0.25, -0.2) is 13.2 Å². The van der Waals surface area contributed by atoms with E-state index in [-0.39, 0.29) is 16.6 Å². The Labute approximate surface area is 121 Å². The van der Waals surface area contributed by atoms with Crippen LogP contribution in [0.2, 0.25) is 0 Å². The van der Waals surface area contributed by atoms with Crippen LogP contribution in [0.3, 0.4) is 0 Å². The summed E-state index contributed by atoms with van der Waals surface area (Å²) in [7, 11) is -4.06. The van der Waals surface area contributed by atoms with Crippen LogP contribution < -0.4 is 0 Å². The molecule has 1 heterocycles. The highest BCUT2D eigenvalue weighted by Gasteiger charge is 2.32. The summed E-state index contributed by atoms with van der Waals surface area (Å²) in [6.07, 6.45) is 2.86. The molecule has 21 heavy (non-hydrogen) atoms. The van der Waals surface area contributed by atoms with Gasteiger partial charge in [0.25, 0.3) is 0 Å². The lowest BCUT2D eigenvalue weighted by Gasteiger charge is -2.14. The Balaban J connectivity index is 2.45. The highest BCUT2D eigenvalue weighted by atomic mass is 32.2. The van der Waals surface area contributed by atoms with E-state index in [1.54, 1.807) is 12.1 Å². The summed E-state index contributed by atoms with van der Waals surface area (Å²) in [4.78, 5) is 11.0. The number of hydrogen-bond donors (Lipinski definition) is 1. The van der Waals surface area contributed by atoms with Crippen molar-refractivity contribution in [2.24, 2.45) is 0 Å². The fourth-order valence-corrected chi connectivity index (χ4v) is 3.21. The summed E-state index contributed by atoms with van der Waals surface area (Å²) in [5, 5.41) is 26.4. The van der Waals surface area contributed by atoms with Crippen molar-refractivity contribution in [1.82, 2.24) is 8.87 Å². The first kappa shape index (κ1) is 15.0. The number of sulfonamides is 1. The second kappa shape index (κ2) is 5.56. The van der Waals surface area contributed by atoms with Gasteiger partial charge in [-0.1, -0.05) is 0 Å². The van der Waals surface area contributed by atoms with Crippen molar-refractivity contribution in [2.75, 3.05) is 13.1 Å². The quantitative estimate of drug-likeness (QED) is 0.765. The molecule has 1 aliphatic carbocycles. The number of carboxylic acids is 1. The maximum Gasteiger partial charge on any atom is 0.352 e. The van der Waals surface area contributed by atoms with Crippen molar-refractivity contribution in [1.29, 1.82) is 10.5 Å². The van der Waals surface area contributed by atoms with Gasteiger partial charge < -0.3 is 9.67 Å². The summed E-state index contributed by atoms with van der Waals surface area (Å²) in [6.45, 7) is -0.931. The number of nitriles is 2. The monoisotopic (exact) mass is 308 g/mol. The second-order valence-corrected chi connectivity index (χ2v) is 6.53. The highest BCUT2D eigenvalue weighted by molar-refractivity contribution is 7.89. The minimum Gasteiger partial charge on any atom is -0.477 e. The Hall–Kier alpha value is -2.36. The van der Waals surface area contributed by atoms with Gasteiger partial charge in [0, 0.05) is 12.2 Å². The Kier molecular flexibility index (Phi) is 3.98. The van der Waals surface area contributed by atoms with E-state index < -0.39 is 29.1 Å². The van der Waals surface area contributed by atoms with Crippen molar-refractivity contribution in [2.45, 2.75) is 23.8 Å². The molecule has 0 aromatic carbocycles. The zero-order valence-electron chi connectivity index (χ0n) is 10.9. The number of aromatic nitrogens is 1. The third kappa shape index (κ3) is 2.89. The fraction of sp³-hybridized carbons (Fsp3) is 0.417. The first-order valence-electron chi connectivity index (χ1n) is 6.11. The number of hydrogen-bond acceptors (Lipinski definition) is 5. The number of carbonyl (C=O) groups is 1. The van der Waals surface area contributed by atoms with Gasteiger partial charge in [0.1, 0.15) is 23.7 Å². The van der Waals surface area contributed by atoms with Gasteiger partial charge in [-0.15, -0.1) is 0 Å². The van der Waals surface area contributed by atoms with E-state index in [9.17, 15) is 13.2 Å². The third-order valence-corrected chi connectivity index (χ3v) is 4.87. The molecule has 0 aliphatic heterocycles. The first-order valence-corrected chi connectivity index (χ1v) is 7.55. The summed E-state index contributed by atoms with van der Waals surface area (Å²) in [6, 6.07) is 4.43. The topological polar surface area (TPSA) is 127 Å². The molecule has 1 aromatic heterocycles. The Morgan fingerprint density at radius 1 is 1.38 bits per heavy atom. The lowest BCUT2D eigenvalue weighted by molar-refractivity contribution is 0.0685. The van der Waals surface area contributed by atoms with Crippen molar-refractivity contribution in [3.63, 3.8) is 0 Å². The summed E-state index contributed by atoms with van der Waals surface area (Å²) >= 11 is 0. The lowest BCUT2D eigenvalue weighted by Crippen LogP contribution is -2.31. The number of nitrogens with zero attached hydrogens (tertiary/aromatic N) is 4. The van der Waals surface area contributed by atoms with Crippen LogP contribution in [-0.4, -0.2) is 41.5 Å². The molecule has 9 heteroatoms.